The number of benzene rings is 1. The Hall–Kier alpha value is -2.90. The number of ether oxygens (including phenoxy) is 1. The lowest BCUT2D eigenvalue weighted by molar-refractivity contribution is -0.143. The minimum atomic E-state index is -1.51. The van der Waals surface area contributed by atoms with Crippen LogP contribution in [0.15, 0.2) is 30.6 Å². The van der Waals surface area contributed by atoms with Crippen LogP contribution in [0, 0.1) is 18.6 Å². The second kappa shape index (κ2) is 6.91. The minimum Gasteiger partial charge on any atom is -0.467 e. The van der Waals surface area contributed by atoms with Gasteiger partial charge in [0, 0.05) is 11.8 Å². The molecule has 0 saturated heterocycles. The Morgan fingerprint density at radius 1 is 1.22 bits per heavy atom. The zero-order chi connectivity index (χ0) is 17.0. The first kappa shape index (κ1) is 16.5. The summed E-state index contributed by atoms with van der Waals surface area (Å²) in [5.74, 6) is -3.31. The number of hydrogen-bond donors (Lipinski definition) is 1. The molecule has 0 bridgehead atoms. The van der Waals surface area contributed by atoms with E-state index in [2.05, 4.69) is 20.0 Å². The Labute approximate surface area is 130 Å². The van der Waals surface area contributed by atoms with Crippen LogP contribution in [0.4, 0.5) is 8.78 Å². The van der Waals surface area contributed by atoms with Gasteiger partial charge in [-0.25, -0.2) is 18.6 Å². The Balaban J connectivity index is 2.32. The van der Waals surface area contributed by atoms with Crippen molar-refractivity contribution in [2.75, 3.05) is 7.11 Å². The van der Waals surface area contributed by atoms with E-state index in [0.29, 0.717) is 5.69 Å². The molecule has 1 N–H and O–H groups in total. The second-order valence-electron chi connectivity index (χ2n) is 4.64. The van der Waals surface area contributed by atoms with Crippen molar-refractivity contribution in [2.45, 2.75) is 13.0 Å². The van der Waals surface area contributed by atoms with E-state index in [9.17, 15) is 18.4 Å². The molecule has 0 radical (unpaired) electrons. The summed E-state index contributed by atoms with van der Waals surface area (Å²) < 4.78 is 31.7. The number of amides is 1. The Bertz CT molecular complexity index is 735. The summed E-state index contributed by atoms with van der Waals surface area (Å²) in [6, 6.07) is 1.07. The minimum absolute atomic E-state index is 0.0682. The van der Waals surface area contributed by atoms with Gasteiger partial charge in [0.05, 0.1) is 19.0 Å². The summed E-state index contributed by atoms with van der Waals surface area (Å²) in [6.45, 7) is 1.69. The van der Waals surface area contributed by atoms with Gasteiger partial charge >= 0.3 is 5.97 Å². The van der Waals surface area contributed by atoms with Gasteiger partial charge in [0.25, 0.3) is 5.91 Å². The third kappa shape index (κ3) is 3.85. The average Bonchev–Trinajstić information content (AvgIpc) is 2.54. The number of methoxy groups -OCH3 is 1. The highest BCUT2D eigenvalue weighted by molar-refractivity contribution is 5.95. The van der Waals surface area contributed by atoms with Crippen LogP contribution >= 0.6 is 0 Å². The molecular weight excluding hydrogens is 308 g/mol. The zero-order valence-corrected chi connectivity index (χ0v) is 12.3. The first-order valence-electron chi connectivity index (χ1n) is 6.54. The van der Waals surface area contributed by atoms with Gasteiger partial charge in [0.2, 0.25) is 0 Å². The molecule has 0 fully saturated rings. The van der Waals surface area contributed by atoms with Crippen LogP contribution in [0.25, 0.3) is 0 Å². The van der Waals surface area contributed by atoms with E-state index < -0.39 is 29.6 Å². The van der Waals surface area contributed by atoms with Crippen molar-refractivity contribution >= 4 is 11.9 Å². The number of halogens is 2. The molecule has 1 aromatic carbocycles. The number of rotatable bonds is 4. The van der Waals surface area contributed by atoms with Crippen molar-refractivity contribution < 1.29 is 23.1 Å². The topological polar surface area (TPSA) is 81.2 Å². The van der Waals surface area contributed by atoms with Gasteiger partial charge in [-0.3, -0.25) is 9.78 Å². The fourth-order valence-corrected chi connectivity index (χ4v) is 1.83. The number of nitrogens with zero attached hydrogens (tertiary/aromatic N) is 2. The maximum Gasteiger partial charge on any atom is 0.333 e. The third-order valence-electron chi connectivity index (χ3n) is 2.99. The maximum absolute atomic E-state index is 13.9. The lowest BCUT2D eigenvalue weighted by Gasteiger charge is -2.17. The summed E-state index contributed by atoms with van der Waals surface area (Å²) in [6.07, 6.45) is 2.58. The van der Waals surface area contributed by atoms with Crippen molar-refractivity contribution in [3.8, 4) is 0 Å². The molecule has 0 spiro atoms. The molecule has 0 aliphatic rings. The van der Waals surface area contributed by atoms with Crippen LogP contribution in [0.5, 0.6) is 0 Å². The molecule has 1 aromatic heterocycles. The molecule has 0 aliphatic carbocycles. The van der Waals surface area contributed by atoms with Crippen LogP contribution in [0.3, 0.4) is 0 Å². The van der Waals surface area contributed by atoms with Crippen LogP contribution in [-0.2, 0) is 9.53 Å². The number of esters is 1. The molecule has 0 unspecified atom stereocenters. The Kier molecular flexibility index (Phi) is 4.95. The van der Waals surface area contributed by atoms with Crippen molar-refractivity contribution in [1.29, 1.82) is 0 Å². The smallest absolute Gasteiger partial charge is 0.333 e. The zero-order valence-electron chi connectivity index (χ0n) is 12.3. The number of aromatic nitrogens is 2. The number of hydrogen-bond acceptors (Lipinski definition) is 5. The Morgan fingerprint density at radius 3 is 2.57 bits per heavy atom. The number of aryl methyl sites for hydroxylation is 1. The fraction of sp³-hybridized carbons (Fsp3) is 0.200. The van der Waals surface area contributed by atoms with Gasteiger partial charge in [0.1, 0.15) is 17.3 Å². The molecule has 23 heavy (non-hydrogen) atoms. The Morgan fingerprint density at radius 2 is 1.96 bits per heavy atom. The van der Waals surface area contributed by atoms with E-state index in [1.54, 1.807) is 6.92 Å². The standard InChI is InChI=1S/C15H13F2N3O3/c1-8-6-19-12(7-18-8)14(21)20-13(15(22)23-2)10-5-9(16)3-4-11(10)17/h3-7,13H,1-2H3,(H,20,21)/t13-/m1/s1. The highest BCUT2D eigenvalue weighted by atomic mass is 19.1. The van der Waals surface area contributed by atoms with Crippen molar-refractivity contribution in [3.05, 3.63) is 59.2 Å². The molecule has 2 rings (SSSR count). The highest BCUT2D eigenvalue weighted by Gasteiger charge is 2.27. The first-order valence-corrected chi connectivity index (χ1v) is 6.54. The quantitative estimate of drug-likeness (QED) is 0.867. The van der Waals surface area contributed by atoms with E-state index in [-0.39, 0.29) is 11.3 Å². The van der Waals surface area contributed by atoms with Crippen molar-refractivity contribution in [1.82, 2.24) is 15.3 Å². The monoisotopic (exact) mass is 321 g/mol. The molecule has 1 heterocycles. The van der Waals surface area contributed by atoms with Gasteiger partial charge in [-0.1, -0.05) is 0 Å². The van der Waals surface area contributed by atoms with Crippen molar-refractivity contribution in [2.24, 2.45) is 0 Å². The van der Waals surface area contributed by atoms with E-state index in [1.807, 2.05) is 0 Å². The molecule has 0 saturated carbocycles. The average molecular weight is 321 g/mol. The largest absolute Gasteiger partial charge is 0.467 e. The summed E-state index contributed by atoms with van der Waals surface area (Å²) in [4.78, 5) is 31.7. The maximum atomic E-state index is 13.9. The predicted molar refractivity (Wildman–Crippen MR) is 75.4 cm³/mol. The molecule has 120 valence electrons. The molecule has 6 nitrogen and oxygen atoms in total. The highest BCUT2D eigenvalue weighted by Crippen LogP contribution is 2.20. The van der Waals surface area contributed by atoms with Gasteiger partial charge in [-0.15, -0.1) is 0 Å². The van der Waals surface area contributed by atoms with E-state index in [4.69, 9.17) is 0 Å². The third-order valence-corrected chi connectivity index (χ3v) is 2.99. The molecular formula is C15H13F2N3O3. The normalized spacial score (nSPS) is 11.7. The molecule has 0 aliphatic heterocycles. The van der Waals surface area contributed by atoms with Crippen molar-refractivity contribution in [3.63, 3.8) is 0 Å². The number of nitrogens with one attached hydrogen (secondary N) is 1. The fourth-order valence-electron chi connectivity index (χ4n) is 1.83. The van der Waals surface area contributed by atoms with Gasteiger partial charge in [-0.05, 0) is 25.1 Å². The molecule has 8 heteroatoms. The first-order chi connectivity index (χ1) is 10.9. The molecule has 1 amide bonds. The van der Waals surface area contributed by atoms with Crippen LogP contribution < -0.4 is 5.32 Å². The summed E-state index contributed by atoms with van der Waals surface area (Å²) in [5, 5.41) is 2.27. The van der Waals surface area contributed by atoms with E-state index in [0.717, 1.165) is 25.3 Å². The van der Waals surface area contributed by atoms with E-state index in [1.165, 1.54) is 12.4 Å². The molecule has 1 atom stereocenters. The number of carbonyl (C=O) groups is 2. The van der Waals surface area contributed by atoms with Gasteiger partial charge < -0.3 is 10.1 Å². The van der Waals surface area contributed by atoms with Crippen LogP contribution in [-0.4, -0.2) is 29.0 Å². The predicted octanol–water partition coefficient (Wildman–Crippen LogP) is 1.71. The second-order valence-corrected chi connectivity index (χ2v) is 4.64. The summed E-state index contributed by atoms with van der Waals surface area (Å²) in [7, 11) is 1.07. The van der Waals surface area contributed by atoms with Crippen LogP contribution in [0.1, 0.15) is 27.8 Å². The van der Waals surface area contributed by atoms with Gasteiger partial charge in [-0.2, -0.15) is 0 Å². The number of carbonyl (C=O) groups excluding carboxylic acids is 2. The van der Waals surface area contributed by atoms with E-state index >= 15 is 0 Å². The summed E-state index contributed by atoms with van der Waals surface area (Å²) >= 11 is 0. The summed E-state index contributed by atoms with van der Waals surface area (Å²) in [5.41, 5.74) is 0.189. The van der Waals surface area contributed by atoms with Crippen LogP contribution in [0.2, 0.25) is 0 Å². The molecule has 2 aromatic rings. The van der Waals surface area contributed by atoms with Gasteiger partial charge in [0.15, 0.2) is 6.04 Å². The lowest BCUT2D eigenvalue weighted by atomic mass is 10.1. The lowest BCUT2D eigenvalue weighted by Crippen LogP contribution is -2.35. The SMILES string of the molecule is COC(=O)[C@H](NC(=O)c1cnc(C)cn1)c1cc(F)ccc1F.